The van der Waals surface area contributed by atoms with Gasteiger partial charge in [0.05, 0.1) is 10.6 Å². The van der Waals surface area contributed by atoms with E-state index < -0.39 is 33.5 Å². The van der Waals surface area contributed by atoms with Gasteiger partial charge in [-0.25, -0.2) is 8.42 Å². The van der Waals surface area contributed by atoms with E-state index in [9.17, 15) is 22.8 Å². The summed E-state index contributed by atoms with van der Waals surface area (Å²) in [7, 11) is -3.43. The Bertz CT molecular complexity index is 1600. The van der Waals surface area contributed by atoms with Crippen molar-refractivity contribution < 1.29 is 27.3 Å². The fourth-order valence-electron chi connectivity index (χ4n) is 4.03. The number of rotatable bonds is 10. The van der Waals surface area contributed by atoms with E-state index in [0.29, 0.717) is 16.8 Å². The highest BCUT2D eigenvalue weighted by molar-refractivity contribution is 7.90. The minimum absolute atomic E-state index is 0.0666. The van der Waals surface area contributed by atoms with Gasteiger partial charge in [-0.1, -0.05) is 78.0 Å². The Kier molecular flexibility index (Phi) is 8.36. The molecule has 0 radical (unpaired) electrons. The van der Waals surface area contributed by atoms with Gasteiger partial charge in [0.15, 0.2) is 15.6 Å². The maximum Gasteiger partial charge on any atom is 0.289 e. The Morgan fingerprint density at radius 2 is 1.54 bits per heavy atom. The number of hydrogen-bond donors (Lipinski definition) is 2. The zero-order valence-electron chi connectivity index (χ0n) is 21.4. The van der Waals surface area contributed by atoms with E-state index in [1.807, 2.05) is 12.1 Å². The minimum atomic E-state index is -3.43. The number of amides is 2. The van der Waals surface area contributed by atoms with Gasteiger partial charge in [0.2, 0.25) is 5.78 Å². The normalized spacial score (nSPS) is 11.9. The van der Waals surface area contributed by atoms with Gasteiger partial charge in [-0.15, -0.1) is 0 Å². The van der Waals surface area contributed by atoms with Crippen LogP contribution in [0.2, 0.25) is 0 Å². The molecule has 4 rings (SSSR count). The number of sulfone groups is 1. The molecule has 0 fully saturated rings. The molecular formula is C29H27N3O6S. The zero-order chi connectivity index (χ0) is 28.0. The minimum Gasteiger partial charge on any atom is -0.355 e. The van der Waals surface area contributed by atoms with Crippen LogP contribution in [0.15, 0.2) is 94.3 Å². The second-order valence-electron chi connectivity index (χ2n) is 9.02. The van der Waals surface area contributed by atoms with E-state index in [-0.39, 0.29) is 29.2 Å². The molecule has 0 saturated heterocycles. The molecular weight excluding hydrogens is 518 g/mol. The average molecular weight is 546 g/mol. The van der Waals surface area contributed by atoms with Crippen molar-refractivity contribution in [1.29, 1.82) is 0 Å². The standard InChI is InChI=1S/C29H27N3O6S/c1-19-25(27(38-32-19)22-13-7-4-8-14-22)28(34)31-24(17-20-10-5-3-6-11-20)26(33)29(35)30-18-21-12-9-15-23(16-21)39(2,36)37/h3-16,24H,17-18H2,1-2H3,(H,30,35)(H,31,34)/t24-/m0/s1. The van der Waals surface area contributed by atoms with Crippen molar-refractivity contribution in [2.45, 2.75) is 30.8 Å². The van der Waals surface area contributed by atoms with Gasteiger partial charge in [0.25, 0.3) is 11.8 Å². The van der Waals surface area contributed by atoms with E-state index in [1.165, 1.54) is 12.1 Å². The molecule has 2 amide bonds. The van der Waals surface area contributed by atoms with Gasteiger partial charge in [-0.2, -0.15) is 0 Å². The van der Waals surface area contributed by atoms with Gasteiger partial charge in [-0.05, 0) is 30.2 Å². The quantitative estimate of drug-likeness (QED) is 0.292. The molecule has 2 N–H and O–H groups in total. The van der Waals surface area contributed by atoms with E-state index in [1.54, 1.807) is 67.6 Å². The molecule has 9 nitrogen and oxygen atoms in total. The third-order valence-corrected chi connectivity index (χ3v) is 7.14. The number of benzene rings is 3. The van der Waals surface area contributed by atoms with Crippen molar-refractivity contribution in [3.05, 3.63) is 107 Å². The lowest BCUT2D eigenvalue weighted by Gasteiger charge is -2.18. The summed E-state index contributed by atoms with van der Waals surface area (Å²) >= 11 is 0. The third-order valence-electron chi connectivity index (χ3n) is 6.03. The van der Waals surface area contributed by atoms with Crippen molar-refractivity contribution in [2.24, 2.45) is 0 Å². The molecule has 0 bridgehead atoms. The molecule has 4 aromatic rings. The van der Waals surface area contributed by atoms with Gasteiger partial charge in [0.1, 0.15) is 11.6 Å². The first-order valence-corrected chi connectivity index (χ1v) is 14.0. The Morgan fingerprint density at radius 3 is 2.21 bits per heavy atom. The summed E-state index contributed by atoms with van der Waals surface area (Å²) in [6.07, 6.45) is 1.17. The van der Waals surface area contributed by atoms with Crippen LogP contribution in [0, 0.1) is 6.92 Å². The number of aromatic nitrogens is 1. The first-order valence-electron chi connectivity index (χ1n) is 12.1. The predicted molar refractivity (Wildman–Crippen MR) is 144 cm³/mol. The van der Waals surface area contributed by atoms with Crippen LogP contribution in [0.1, 0.15) is 27.2 Å². The smallest absolute Gasteiger partial charge is 0.289 e. The maximum absolute atomic E-state index is 13.4. The lowest BCUT2D eigenvalue weighted by atomic mass is 10.00. The molecule has 0 aliphatic rings. The van der Waals surface area contributed by atoms with Gasteiger partial charge in [0, 0.05) is 24.8 Å². The maximum atomic E-state index is 13.4. The van der Waals surface area contributed by atoms with Crippen LogP contribution < -0.4 is 10.6 Å². The van der Waals surface area contributed by atoms with Crippen molar-refractivity contribution in [1.82, 2.24) is 15.8 Å². The number of ketones is 1. The number of carbonyl (C=O) groups excluding carboxylic acids is 3. The largest absolute Gasteiger partial charge is 0.355 e. The second-order valence-corrected chi connectivity index (χ2v) is 11.0. The third kappa shape index (κ3) is 6.85. The number of nitrogens with one attached hydrogen (secondary N) is 2. The molecule has 0 spiro atoms. The first-order chi connectivity index (χ1) is 18.6. The highest BCUT2D eigenvalue weighted by Gasteiger charge is 2.30. The van der Waals surface area contributed by atoms with Crippen molar-refractivity contribution in [3.8, 4) is 11.3 Å². The fraction of sp³-hybridized carbons (Fsp3) is 0.172. The topological polar surface area (TPSA) is 135 Å². The number of aryl methyl sites for hydroxylation is 1. The summed E-state index contributed by atoms with van der Waals surface area (Å²) in [5, 5.41) is 9.16. The fourth-order valence-corrected chi connectivity index (χ4v) is 4.72. The van der Waals surface area contributed by atoms with Crippen LogP contribution in [0.25, 0.3) is 11.3 Å². The Labute approximate surface area is 226 Å². The molecule has 200 valence electrons. The van der Waals surface area contributed by atoms with Crippen molar-refractivity contribution in [3.63, 3.8) is 0 Å². The molecule has 3 aromatic carbocycles. The SMILES string of the molecule is Cc1noc(-c2ccccc2)c1C(=O)N[C@@H](Cc1ccccc1)C(=O)C(=O)NCc1cccc(S(C)(=O)=O)c1. The summed E-state index contributed by atoms with van der Waals surface area (Å²) in [4.78, 5) is 39.7. The summed E-state index contributed by atoms with van der Waals surface area (Å²) in [6.45, 7) is 1.55. The number of nitrogens with zero attached hydrogens (tertiary/aromatic N) is 1. The van der Waals surface area contributed by atoms with E-state index in [0.717, 1.165) is 11.8 Å². The molecule has 0 saturated carbocycles. The Balaban J connectivity index is 1.55. The molecule has 1 heterocycles. The number of hydrogen-bond acceptors (Lipinski definition) is 7. The Hall–Kier alpha value is -4.57. The first kappa shape index (κ1) is 27.5. The highest BCUT2D eigenvalue weighted by atomic mass is 32.2. The van der Waals surface area contributed by atoms with Crippen molar-refractivity contribution >= 4 is 27.4 Å². The second kappa shape index (κ2) is 11.9. The Morgan fingerprint density at radius 1 is 0.897 bits per heavy atom. The monoisotopic (exact) mass is 545 g/mol. The molecule has 0 aliphatic heterocycles. The van der Waals surface area contributed by atoms with Gasteiger partial charge < -0.3 is 15.2 Å². The summed E-state index contributed by atoms with van der Waals surface area (Å²) in [6, 6.07) is 22.9. The van der Waals surface area contributed by atoms with Gasteiger partial charge in [-0.3, -0.25) is 14.4 Å². The molecule has 1 aromatic heterocycles. The van der Waals surface area contributed by atoms with Crippen LogP contribution in [0.4, 0.5) is 0 Å². The van der Waals surface area contributed by atoms with Crippen LogP contribution in [-0.4, -0.2) is 43.5 Å². The van der Waals surface area contributed by atoms with Crippen LogP contribution in [0.3, 0.4) is 0 Å². The number of carbonyl (C=O) groups is 3. The van der Waals surface area contributed by atoms with Crippen molar-refractivity contribution in [2.75, 3.05) is 6.26 Å². The van der Waals surface area contributed by atoms with E-state index in [2.05, 4.69) is 15.8 Å². The van der Waals surface area contributed by atoms with Crippen LogP contribution >= 0.6 is 0 Å². The molecule has 0 unspecified atom stereocenters. The lowest BCUT2D eigenvalue weighted by molar-refractivity contribution is -0.139. The highest BCUT2D eigenvalue weighted by Crippen LogP contribution is 2.26. The molecule has 0 aliphatic carbocycles. The molecule has 10 heteroatoms. The van der Waals surface area contributed by atoms with Crippen LogP contribution in [0.5, 0.6) is 0 Å². The zero-order valence-corrected chi connectivity index (χ0v) is 22.2. The molecule has 39 heavy (non-hydrogen) atoms. The number of Topliss-reactive ketones (excluding diaryl/α,β-unsaturated/α-hetero) is 1. The van der Waals surface area contributed by atoms with Gasteiger partial charge >= 0.3 is 0 Å². The average Bonchev–Trinajstić information content (AvgIpc) is 3.33. The summed E-state index contributed by atoms with van der Waals surface area (Å²) < 4.78 is 29.1. The van der Waals surface area contributed by atoms with Crippen LogP contribution in [-0.2, 0) is 32.4 Å². The lowest BCUT2D eigenvalue weighted by Crippen LogP contribution is -2.48. The molecule has 1 atom stereocenters. The van der Waals surface area contributed by atoms with E-state index in [4.69, 9.17) is 4.52 Å². The summed E-state index contributed by atoms with van der Waals surface area (Å²) in [5.74, 6) is -2.10. The predicted octanol–water partition coefficient (Wildman–Crippen LogP) is 3.28. The summed E-state index contributed by atoms with van der Waals surface area (Å²) in [5.41, 5.74) is 2.41. The van der Waals surface area contributed by atoms with E-state index >= 15 is 0 Å².